The van der Waals surface area contributed by atoms with Gasteiger partial charge in [0.05, 0.1) is 38.8 Å². The first-order valence-electron chi connectivity index (χ1n) is 9.17. The summed E-state index contributed by atoms with van der Waals surface area (Å²) in [5.74, 6) is 0.0808. The van der Waals surface area contributed by atoms with Crippen LogP contribution in [0.1, 0.15) is 12.0 Å². The molecule has 0 fully saturated rings. The first-order valence-corrected chi connectivity index (χ1v) is 9.92. The van der Waals surface area contributed by atoms with Crippen molar-refractivity contribution in [3.63, 3.8) is 0 Å². The highest BCUT2D eigenvalue weighted by molar-refractivity contribution is 6.36. The predicted molar refractivity (Wildman–Crippen MR) is 120 cm³/mol. The van der Waals surface area contributed by atoms with Crippen molar-refractivity contribution in [2.45, 2.75) is 12.8 Å². The van der Waals surface area contributed by atoms with Gasteiger partial charge >= 0.3 is 0 Å². The summed E-state index contributed by atoms with van der Waals surface area (Å²) in [6.07, 6.45) is 0.649. The van der Waals surface area contributed by atoms with Crippen molar-refractivity contribution < 1.29 is 19.4 Å². The number of amides is 1. The number of non-ortho nitro benzene ring substituents is 2. The van der Waals surface area contributed by atoms with Gasteiger partial charge in [-0.1, -0.05) is 35.3 Å². The second-order valence-electron chi connectivity index (χ2n) is 6.62. The molecule has 0 unspecified atom stereocenters. The van der Waals surface area contributed by atoms with E-state index in [0.717, 1.165) is 23.8 Å². The van der Waals surface area contributed by atoms with E-state index in [1.54, 1.807) is 36.4 Å². The number of hydrogen-bond acceptors (Lipinski definition) is 6. The summed E-state index contributed by atoms with van der Waals surface area (Å²) in [5.41, 5.74) is 0.422. The Balaban J connectivity index is 1.61. The molecule has 0 aromatic heterocycles. The van der Waals surface area contributed by atoms with Crippen LogP contribution in [0.5, 0.6) is 11.5 Å². The molecule has 0 aliphatic carbocycles. The summed E-state index contributed by atoms with van der Waals surface area (Å²) >= 11 is 11.9. The summed E-state index contributed by atoms with van der Waals surface area (Å²) in [4.78, 5) is 32.7. The molecule has 0 aliphatic rings. The molecule has 9 nitrogen and oxygen atoms in total. The third kappa shape index (κ3) is 6.16. The molecule has 3 aromatic rings. The number of nitro benzene ring substituents is 2. The highest BCUT2D eigenvalue weighted by Crippen LogP contribution is 2.31. The number of benzene rings is 3. The van der Waals surface area contributed by atoms with Gasteiger partial charge in [-0.05, 0) is 42.3 Å². The van der Waals surface area contributed by atoms with E-state index in [9.17, 15) is 25.0 Å². The van der Waals surface area contributed by atoms with Gasteiger partial charge in [-0.25, -0.2) is 0 Å². The lowest BCUT2D eigenvalue weighted by atomic mass is 10.1. The quantitative estimate of drug-likeness (QED) is 0.306. The van der Waals surface area contributed by atoms with Crippen LogP contribution < -0.4 is 10.1 Å². The standard InChI is InChI=1S/C21H15Cl2N3O6/c22-14-4-7-20(19(23)9-14)24-21(27)8-3-13-1-5-17(6-2-13)32-18-11-15(25(28)29)10-16(12-18)26(30)31/h1-2,4-7,9-12H,3,8H2,(H,24,27). The zero-order valence-corrected chi connectivity index (χ0v) is 17.8. The van der Waals surface area contributed by atoms with Gasteiger partial charge in [0.2, 0.25) is 5.91 Å². The highest BCUT2D eigenvalue weighted by Gasteiger charge is 2.17. The lowest BCUT2D eigenvalue weighted by molar-refractivity contribution is -0.394. The van der Waals surface area contributed by atoms with Crippen LogP contribution in [0.3, 0.4) is 0 Å². The predicted octanol–water partition coefficient (Wildman–Crippen LogP) is 6.17. The third-order valence-electron chi connectivity index (χ3n) is 4.30. The highest BCUT2D eigenvalue weighted by atomic mass is 35.5. The molecule has 3 rings (SSSR count). The van der Waals surface area contributed by atoms with E-state index in [-0.39, 0.29) is 18.1 Å². The number of carbonyl (C=O) groups excluding carboxylic acids is 1. The second-order valence-corrected chi connectivity index (χ2v) is 7.46. The molecule has 0 atom stereocenters. The molecule has 0 heterocycles. The van der Waals surface area contributed by atoms with Crippen LogP contribution >= 0.6 is 23.2 Å². The van der Waals surface area contributed by atoms with Crippen LogP contribution in [-0.4, -0.2) is 15.8 Å². The average Bonchev–Trinajstić information content (AvgIpc) is 2.75. The first-order chi connectivity index (χ1) is 15.2. The number of ether oxygens (including phenoxy) is 1. The number of halogens is 2. The fourth-order valence-electron chi connectivity index (χ4n) is 2.76. The molecule has 0 saturated carbocycles. The molecule has 3 aromatic carbocycles. The Morgan fingerprint density at radius 3 is 2.06 bits per heavy atom. The smallest absolute Gasteiger partial charge is 0.280 e. The molecule has 0 spiro atoms. The maximum Gasteiger partial charge on any atom is 0.280 e. The fourth-order valence-corrected chi connectivity index (χ4v) is 3.22. The van der Waals surface area contributed by atoms with Crippen molar-refractivity contribution >= 4 is 46.2 Å². The molecule has 32 heavy (non-hydrogen) atoms. The molecule has 164 valence electrons. The zero-order chi connectivity index (χ0) is 23.3. The average molecular weight is 476 g/mol. The molecule has 0 bridgehead atoms. The summed E-state index contributed by atoms with van der Waals surface area (Å²) in [5, 5.41) is 25.5. The number of anilines is 1. The van der Waals surface area contributed by atoms with Crippen LogP contribution in [0.15, 0.2) is 60.7 Å². The van der Waals surface area contributed by atoms with Crippen LogP contribution in [0.4, 0.5) is 17.1 Å². The van der Waals surface area contributed by atoms with E-state index in [1.807, 2.05) is 0 Å². The van der Waals surface area contributed by atoms with Crippen molar-refractivity contribution in [1.82, 2.24) is 0 Å². The van der Waals surface area contributed by atoms with Crippen molar-refractivity contribution in [2.75, 3.05) is 5.32 Å². The monoisotopic (exact) mass is 475 g/mol. The Bertz CT molecular complexity index is 1150. The largest absolute Gasteiger partial charge is 0.457 e. The van der Waals surface area contributed by atoms with Gasteiger partial charge in [0.25, 0.3) is 11.4 Å². The SMILES string of the molecule is O=C(CCc1ccc(Oc2cc([N+](=O)[O-])cc([N+](=O)[O-])c2)cc1)Nc1ccc(Cl)cc1Cl. The minimum Gasteiger partial charge on any atom is -0.457 e. The van der Waals surface area contributed by atoms with E-state index in [2.05, 4.69) is 5.32 Å². The van der Waals surface area contributed by atoms with Gasteiger partial charge in [-0.15, -0.1) is 0 Å². The van der Waals surface area contributed by atoms with Gasteiger partial charge in [-0.2, -0.15) is 0 Å². The van der Waals surface area contributed by atoms with Crippen molar-refractivity contribution in [3.8, 4) is 11.5 Å². The van der Waals surface area contributed by atoms with Crippen molar-refractivity contribution in [1.29, 1.82) is 0 Å². The Labute approximate surface area is 191 Å². The van der Waals surface area contributed by atoms with Crippen LogP contribution in [0.25, 0.3) is 0 Å². The van der Waals surface area contributed by atoms with Gasteiger partial charge < -0.3 is 10.1 Å². The Kier molecular flexibility index (Phi) is 7.24. The number of nitrogens with zero attached hydrogens (tertiary/aromatic N) is 2. The van der Waals surface area contributed by atoms with Gasteiger partial charge in [0, 0.05) is 11.4 Å². The third-order valence-corrected chi connectivity index (χ3v) is 4.85. The number of carbonyl (C=O) groups is 1. The Hall–Kier alpha value is -3.69. The molecular weight excluding hydrogens is 461 g/mol. The summed E-state index contributed by atoms with van der Waals surface area (Å²) < 4.78 is 5.53. The number of nitro groups is 2. The Morgan fingerprint density at radius 1 is 0.875 bits per heavy atom. The molecule has 0 saturated heterocycles. The van der Waals surface area contributed by atoms with E-state index in [0.29, 0.717) is 27.9 Å². The molecule has 11 heteroatoms. The summed E-state index contributed by atoms with van der Waals surface area (Å²) in [6, 6.07) is 14.5. The molecular formula is C21H15Cl2N3O6. The van der Waals surface area contributed by atoms with E-state index in [4.69, 9.17) is 27.9 Å². The Morgan fingerprint density at radius 2 is 1.50 bits per heavy atom. The van der Waals surface area contributed by atoms with E-state index < -0.39 is 21.2 Å². The van der Waals surface area contributed by atoms with Gasteiger partial charge in [0.15, 0.2) is 0 Å². The minimum atomic E-state index is -0.731. The number of rotatable bonds is 8. The maximum absolute atomic E-state index is 12.2. The molecule has 0 radical (unpaired) electrons. The summed E-state index contributed by atoms with van der Waals surface area (Å²) in [6.45, 7) is 0. The van der Waals surface area contributed by atoms with Gasteiger partial charge in [-0.3, -0.25) is 25.0 Å². The maximum atomic E-state index is 12.2. The minimum absolute atomic E-state index is 0.0297. The number of hydrogen-bond donors (Lipinski definition) is 1. The lowest BCUT2D eigenvalue weighted by Gasteiger charge is -2.09. The fraction of sp³-hybridized carbons (Fsp3) is 0.0952. The number of aryl methyl sites for hydroxylation is 1. The zero-order valence-electron chi connectivity index (χ0n) is 16.3. The van der Waals surface area contributed by atoms with E-state index in [1.165, 1.54) is 6.07 Å². The van der Waals surface area contributed by atoms with Crippen LogP contribution in [0.2, 0.25) is 10.0 Å². The van der Waals surface area contributed by atoms with Crippen molar-refractivity contribution in [2.24, 2.45) is 0 Å². The van der Waals surface area contributed by atoms with Crippen LogP contribution in [-0.2, 0) is 11.2 Å². The molecule has 1 N–H and O–H groups in total. The first kappa shape index (κ1) is 23.0. The van der Waals surface area contributed by atoms with Crippen LogP contribution in [0, 0.1) is 20.2 Å². The topological polar surface area (TPSA) is 125 Å². The second kappa shape index (κ2) is 10.1. The van der Waals surface area contributed by atoms with E-state index >= 15 is 0 Å². The normalized spacial score (nSPS) is 10.4. The number of nitrogens with one attached hydrogen (secondary N) is 1. The molecule has 1 amide bonds. The van der Waals surface area contributed by atoms with Gasteiger partial charge in [0.1, 0.15) is 11.5 Å². The molecule has 0 aliphatic heterocycles. The summed E-state index contributed by atoms with van der Waals surface area (Å²) in [7, 11) is 0. The lowest BCUT2D eigenvalue weighted by Crippen LogP contribution is -2.12. The van der Waals surface area contributed by atoms with Crippen molar-refractivity contribution in [3.05, 3.63) is 96.5 Å².